The van der Waals surface area contributed by atoms with Crippen LogP contribution in [-0.2, 0) is 4.84 Å². The summed E-state index contributed by atoms with van der Waals surface area (Å²) in [5.41, 5.74) is 2.03. The molecule has 1 unspecified atom stereocenters. The summed E-state index contributed by atoms with van der Waals surface area (Å²) in [4.78, 5) is 13.7. The number of rotatable bonds is 6. The fraction of sp³-hybridized carbons (Fsp3) is 0.167. The first-order valence-electron chi connectivity index (χ1n) is 8.16. The van der Waals surface area contributed by atoms with Crippen LogP contribution in [-0.4, -0.2) is 33.5 Å². The SMILES string of the molecule is CO/N=C/c1cc(Cl)cnc1C(Oc1ccc2nc(C)sc2c1)c1nnco1. The maximum Gasteiger partial charge on any atom is 0.263 e. The Morgan fingerprint density at radius 2 is 2.21 bits per heavy atom. The minimum atomic E-state index is -0.760. The summed E-state index contributed by atoms with van der Waals surface area (Å²) in [6, 6.07) is 7.36. The number of aryl methyl sites for hydroxylation is 1. The first-order valence-corrected chi connectivity index (χ1v) is 9.35. The summed E-state index contributed by atoms with van der Waals surface area (Å²) in [7, 11) is 1.45. The van der Waals surface area contributed by atoms with Crippen molar-refractivity contribution in [3.63, 3.8) is 0 Å². The topological polar surface area (TPSA) is 95.5 Å². The average molecular weight is 416 g/mol. The molecule has 0 saturated carbocycles. The third-order valence-electron chi connectivity index (χ3n) is 3.78. The van der Waals surface area contributed by atoms with E-state index in [-0.39, 0.29) is 5.89 Å². The summed E-state index contributed by atoms with van der Waals surface area (Å²) in [6.45, 7) is 1.96. The second-order valence-corrected chi connectivity index (χ2v) is 7.35. The van der Waals surface area contributed by atoms with E-state index in [9.17, 15) is 0 Å². The highest BCUT2D eigenvalue weighted by molar-refractivity contribution is 7.18. The maximum absolute atomic E-state index is 6.20. The summed E-state index contributed by atoms with van der Waals surface area (Å²) in [5, 5.41) is 13.0. The van der Waals surface area contributed by atoms with Crippen LogP contribution in [0.1, 0.15) is 28.3 Å². The predicted octanol–water partition coefficient (Wildman–Crippen LogP) is 4.18. The zero-order chi connectivity index (χ0) is 19.5. The van der Waals surface area contributed by atoms with Crippen LogP contribution in [0.15, 0.2) is 46.4 Å². The Morgan fingerprint density at radius 1 is 1.32 bits per heavy atom. The first-order chi connectivity index (χ1) is 13.6. The van der Waals surface area contributed by atoms with Gasteiger partial charge < -0.3 is 14.0 Å². The Hall–Kier alpha value is -3.04. The molecule has 4 aromatic rings. The van der Waals surface area contributed by atoms with Crippen molar-refractivity contribution in [1.82, 2.24) is 20.2 Å². The predicted molar refractivity (Wildman–Crippen MR) is 105 cm³/mol. The van der Waals surface area contributed by atoms with Crippen LogP contribution >= 0.6 is 22.9 Å². The number of oxime groups is 1. The van der Waals surface area contributed by atoms with Crippen LogP contribution in [0.4, 0.5) is 0 Å². The lowest BCUT2D eigenvalue weighted by Gasteiger charge is -2.17. The molecule has 0 aliphatic heterocycles. The maximum atomic E-state index is 6.20. The molecule has 3 heterocycles. The highest BCUT2D eigenvalue weighted by Crippen LogP contribution is 2.32. The summed E-state index contributed by atoms with van der Waals surface area (Å²) in [5.74, 6) is 0.869. The number of aromatic nitrogens is 4. The minimum Gasteiger partial charge on any atom is -0.474 e. The molecule has 1 atom stereocenters. The molecule has 1 aromatic carbocycles. The second kappa shape index (κ2) is 7.91. The number of benzene rings is 1. The molecule has 0 amide bonds. The number of fused-ring (bicyclic) bond motifs is 1. The number of pyridine rings is 1. The van der Waals surface area contributed by atoms with Gasteiger partial charge in [0.15, 0.2) is 0 Å². The third-order valence-corrected chi connectivity index (χ3v) is 4.92. The van der Waals surface area contributed by atoms with Crippen LogP contribution < -0.4 is 4.74 Å². The standard InChI is InChI=1S/C18H14ClN5O3S/c1-10-23-14-4-3-13(6-15(14)28-10)27-17(18-24-21-9-26-18)16-11(7-22-25-2)5-12(19)8-20-16/h3-9,17H,1-2H3/b22-7+. The van der Waals surface area contributed by atoms with E-state index in [1.165, 1.54) is 25.9 Å². The van der Waals surface area contributed by atoms with Gasteiger partial charge in [0.1, 0.15) is 12.9 Å². The summed E-state index contributed by atoms with van der Waals surface area (Å²) >= 11 is 7.68. The molecule has 28 heavy (non-hydrogen) atoms. The van der Waals surface area contributed by atoms with Crippen LogP contribution in [0.25, 0.3) is 10.2 Å². The molecule has 0 saturated heterocycles. The van der Waals surface area contributed by atoms with Crippen molar-refractivity contribution in [2.45, 2.75) is 13.0 Å². The Balaban J connectivity index is 1.77. The lowest BCUT2D eigenvalue weighted by molar-refractivity contribution is 0.203. The lowest BCUT2D eigenvalue weighted by Crippen LogP contribution is -2.14. The van der Waals surface area contributed by atoms with Gasteiger partial charge in [0.25, 0.3) is 5.89 Å². The van der Waals surface area contributed by atoms with Gasteiger partial charge in [0, 0.05) is 11.8 Å². The molecular weight excluding hydrogens is 402 g/mol. The monoisotopic (exact) mass is 415 g/mol. The van der Waals surface area contributed by atoms with Gasteiger partial charge in [-0.25, -0.2) is 4.98 Å². The Morgan fingerprint density at radius 3 is 3.00 bits per heavy atom. The summed E-state index contributed by atoms with van der Waals surface area (Å²) < 4.78 is 12.6. The van der Waals surface area contributed by atoms with Crippen LogP contribution in [0.5, 0.6) is 5.75 Å². The van der Waals surface area contributed by atoms with Crippen molar-refractivity contribution in [3.8, 4) is 5.75 Å². The molecule has 0 aliphatic carbocycles. The Labute approximate surface area is 168 Å². The molecule has 10 heteroatoms. The number of halogens is 1. The summed E-state index contributed by atoms with van der Waals surface area (Å²) in [6.07, 6.45) is 3.49. The van der Waals surface area contributed by atoms with Crippen molar-refractivity contribution in [1.29, 1.82) is 0 Å². The van der Waals surface area contributed by atoms with Gasteiger partial charge in [-0.3, -0.25) is 4.98 Å². The zero-order valence-electron chi connectivity index (χ0n) is 14.9. The van der Waals surface area contributed by atoms with Crippen molar-refractivity contribution in [2.24, 2.45) is 5.16 Å². The molecule has 0 N–H and O–H groups in total. The van der Waals surface area contributed by atoms with E-state index < -0.39 is 6.10 Å². The molecule has 8 nitrogen and oxygen atoms in total. The first kappa shape index (κ1) is 18.3. The van der Waals surface area contributed by atoms with Gasteiger partial charge in [-0.15, -0.1) is 21.5 Å². The molecule has 0 fully saturated rings. The molecule has 0 aliphatic rings. The molecule has 142 valence electrons. The largest absolute Gasteiger partial charge is 0.474 e. The van der Waals surface area contributed by atoms with Gasteiger partial charge in [-0.2, -0.15) is 0 Å². The van der Waals surface area contributed by atoms with E-state index in [4.69, 9.17) is 25.6 Å². The van der Waals surface area contributed by atoms with Gasteiger partial charge >= 0.3 is 0 Å². The third kappa shape index (κ3) is 3.80. The van der Waals surface area contributed by atoms with Crippen LogP contribution in [0.2, 0.25) is 5.02 Å². The van der Waals surface area contributed by atoms with Crippen LogP contribution in [0.3, 0.4) is 0 Å². The normalized spacial score (nSPS) is 12.5. The van der Waals surface area contributed by atoms with Crippen molar-refractivity contribution in [2.75, 3.05) is 7.11 Å². The molecule has 4 rings (SSSR count). The fourth-order valence-electron chi connectivity index (χ4n) is 2.65. The fourth-order valence-corrected chi connectivity index (χ4v) is 3.67. The van der Waals surface area contributed by atoms with E-state index in [0.717, 1.165) is 15.2 Å². The molecule has 0 spiro atoms. The lowest BCUT2D eigenvalue weighted by atomic mass is 10.1. The number of ether oxygens (including phenoxy) is 1. The highest BCUT2D eigenvalue weighted by Gasteiger charge is 2.26. The molecule has 3 aromatic heterocycles. The van der Waals surface area contributed by atoms with Crippen molar-refractivity contribution < 1.29 is 14.0 Å². The van der Waals surface area contributed by atoms with Gasteiger partial charge in [-0.1, -0.05) is 16.8 Å². The zero-order valence-corrected chi connectivity index (χ0v) is 16.4. The van der Waals surface area contributed by atoms with E-state index in [0.29, 0.717) is 22.0 Å². The highest BCUT2D eigenvalue weighted by atomic mass is 35.5. The number of hydrogen-bond acceptors (Lipinski definition) is 9. The van der Waals surface area contributed by atoms with Crippen LogP contribution in [0, 0.1) is 6.92 Å². The van der Waals surface area contributed by atoms with E-state index in [2.05, 4.69) is 25.3 Å². The molecular formula is C18H14ClN5O3S. The van der Waals surface area contributed by atoms with Gasteiger partial charge in [0.2, 0.25) is 12.5 Å². The second-order valence-electron chi connectivity index (χ2n) is 5.68. The van der Waals surface area contributed by atoms with Crippen molar-refractivity contribution >= 4 is 39.4 Å². The minimum absolute atomic E-state index is 0.252. The van der Waals surface area contributed by atoms with Gasteiger partial charge in [0.05, 0.1) is 32.2 Å². The number of nitrogens with zero attached hydrogens (tertiary/aromatic N) is 5. The average Bonchev–Trinajstić information content (AvgIpc) is 3.33. The Kier molecular flexibility index (Phi) is 5.18. The molecule has 0 bridgehead atoms. The van der Waals surface area contributed by atoms with Crippen molar-refractivity contribution in [3.05, 3.63) is 64.0 Å². The van der Waals surface area contributed by atoms with E-state index in [1.54, 1.807) is 17.4 Å². The van der Waals surface area contributed by atoms with E-state index >= 15 is 0 Å². The van der Waals surface area contributed by atoms with Gasteiger partial charge in [-0.05, 0) is 31.2 Å². The Bertz CT molecular complexity index is 1130. The number of hydrogen-bond donors (Lipinski definition) is 0. The number of thiazole rings is 1. The smallest absolute Gasteiger partial charge is 0.263 e. The quantitative estimate of drug-likeness (QED) is 0.344. The molecule has 0 radical (unpaired) electrons. The van der Waals surface area contributed by atoms with E-state index in [1.807, 2.05) is 25.1 Å².